The van der Waals surface area contributed by atoms with Crippen LogP contribution >= 0.6 is 0 Å². The minimum Gasteiger partial charge on any atom is -0.508 e. The number of phenolic OH excluding ortho intramolecular Hbond substituents is 2. The lowest BCUT2D eigenvalue weighted by molar-refractivity contribution is -0.147. The molecule has 3 amide bonds. The van der Waals surface area contributed by atoms with Crippen molar-refractivity contribution in [3.8, 4) is 22.6 Å². The van der Waals surface area contributed by atoms with E-state index in [1.54, 1.807) is 24.3 Å². The first-order valence-electron chi connectivity index (χ1n) is 12.8. The molecule has 1 aliphatic heterocycles. The van der Waals surface area contributed by atoms with Crippen LogP contribution in [0.25, 0.3) is 11.1 Å². The van der Waals surface area contributed by atoms with Gasteiger partial charge in [-0.05, 0) is 65.9 Å². The Morgan fingerprint density at radius 2 is 1.51 bits per heavy atom. The SMILES string of the molecule is NCCC[C@@H]1NC(=O)[C@@H](N)Cc2cc(ccc2O)-c2ccc(O)c(c2)C[C@@H](C(=O)N[C@@H](CC(=O)O)C(=O)O)NC1=O. The third-order valence-electron chi connectivity index (χ3n) is 6.65. The van der Waals surface area contributed by atoms with Gasteiger partial charge in [0, 0.05) is 12.8 Å². The Bertz CT molecular complexity index is 1330. The van der Waals surface area contributed by atoms with E-state index in [4.69, 9.17) is 16.6 Å². The molecule has 11 N–H and O–H groups in total. The van der Waals surface area contributed by atoms with Crippen LogP contribution in [0.1, 0.15) is 30.4 Å². The van der Waals surface area contributed by atoms with Gasteiger partial charge in [0.05, 0.1) is 12.5 Å². The van der Waals surface area contributed by atoms with E-state index >= 15 is 0 Å². The maximum atomic E-state index is 13.3. The highest BCUT2D eigenvalue weighted by molar-refractivity contribution is 5.95. The molecule has 1 aliphatic rings. The monoisotopic (exact) mass is 571 g/mol. The summed E-state index contributed by atoms with van der Waals surface area (Å²) in [5.41, 5.74) is 13.4. The number of carbonyl (C=O) groups is 5. The summed E-state index contributed by atoms with van der Waals surface area (Å²) >= 11 is 0. The second-order valence-corrected chi connectivity index (χ2v) is 9.75. The molecule has 14 nitrogen and oxygen atoms in total. The lowest BCUT2D eigenvalue weighted by Crippen LogP contribution is -2.58. The summed E-state index contributed by atoms with van der Waals surface area (Å²) in [4.78, 5) is 62.2. The van der Waals surface area contributed by atoms with Gasteiger partial charge in [-0.15, -0.1) is 0 Å². The highest BCUT2D eigenvalue weighted by Crippen LogP contribution is 2.31. The van der Waals surface area contributed by atoms with Crippen LogP contribution in [0.3, 0.4) is 0 Å². The zero-order chi connectivity index (χ0) is 30.3. The third-order valence-corrected chi connectivity index (χ3v) is 6.65. The molecule has 0 aliphatic carbocycles. The molecule has 4 bridgehead atoms. The van der Waals surface area contributed by atoms with E-state index in [9.17, 15) is 39.3 Å². The quantitative estimate of drug-likeness (QED) is 0.185. The van der Waals surface area contributed by atoms with E-state index in [0.717, 1.165) is 0 Å². The molecule has 2 aromatic carbocycles. The van der Waals surface area contributed by atoms with Crippen LogP contribution < -0.4 is 27.4 Å². The summed E-state index contributed by atoms with van der Waals surface area (Å²) in [5.74, 6) is -5.91. The molecular formula is C27H33N5O9. The first-order valence-corrected chi connectivity index (χ1v) is 12.8. The average molecular weight is 572 g/mol. The highest BCUT2D eigenvalue weighted by Gasteiger charge is 2.32. The number of hydrogen-bond acceptors (Lipinski definition) is 9. The van der Waals surface area contributed by atoms with Gasteiger partial charge in [-0.25, -0.2) is 4.79 Å². The first-order chi connectivity index (χ1) is 19.4. The molecule has 0 saturated carbocycles. The summed E-state index contributed by atoms with van der Waals surface area (Å²) in [6.07, 6.45) is -0.909. The first kappa shape index (κ1) is 30.8. The summed E-state index contributed by atoms with van der Waals surface area (Å²) in [6, 6.07) is 3.56. The molecule has 2 aromatic rings. The number of fused-ring (bicyclic) bond motifs is 5. The number of nitrogens with two attached hydrogens (primary N) is 2. The largest absolute Gasteiger partial charge is 0.508 e. The number of hydrogen-bond donors (Lipinski definition) is 9. The summed E-state index contributed by atoms with van der Waals surface area (Å²) in [6.45, 7) is 0.187. The van der Waals surface area contributed by atoms with Crippen molar-refractivity contribution < 1.29 is 44.4 Å². The van der Waals surface area contributed by atoms with Crippen LogP contribution in [0.5, 0.6) is 11.5 Å². The van der Waals surface area contributed by atoms with Gasteiger partial charge in [-0.3, -0.25) is 19.2 Å². The zero-order valence-corrected chi connectivity index (χ0v) is 22.0. The summed E-state index contributed by atoms with van der Waals surface area (Å²) < 4.78 is 0. The molecule has 41 heavy (non-hydrogen) atoms. The van der Waals surface area contributed by atoms with E-state index in [1.807, 2.05) is 0 Å². The second-order valence-electron chi connectivity index (χ2n) is 9.75. The van der Waals surface area contributed by atoms with Gasteiger partial charge in [-0.2, -0.15) is 0 Å². The summed E-state index contributed by atoms with van der Waals surface area (Å²) in [7, 11) is 0. The number of aromatic hydroxyl groups is 2. The predicted octanol–water partition coefficient (Wildman–Crippen LogP) is -1.06. The molecule has 0 fully saturated rings. The zero-order valence-electron chi connectivity index (χ0n) is 22.0. The minimum absolute atomic E-state index is 0.0626. The topological polar surface area (TPSA) is 254 Å². The number of nitrogens with one attached hydrogen (secondary N) is 3. The van der Waals surface area contributed by atoms with Gasteiger partial charge in [-0.1, -0.05) is 12.1 Å². The Hall–Kier alpha value is -4.69. The molecule has 0 radical (unpaired) electrons. The van der Waals surface area contributed by atoms with Crippen LogP contribution in [-0.2, 0) is 36.8 Å². The Balaban J connectivity index is 2.09. The molecule has 0 aromatic heterocycles. The lowest BCUT2D eigenvalue weighted by Gasteiger charge is -2.25. The van der Waals surface area contributed by atoms with Gasteiger partial charge < -0.3 is 47.8 Å². The van der Waals surface area contributed by atoms with E-state index in [2.05, 4.69) is 16.0 Å². The number of benzene rings is 2. The lowest BCUT2D eigenvalue weighted by atomic mass is 9.95. The fourth-order valence-electron chi connectivity index (χ4n) is 4.40. The van der Waals surface area contributed by atoms with Crippen LogP contribution in [0.2, 0.25) is 0 Å². The van der Waals surface area contributed by atoms with Crippen molar-refractivity contribution >= 4 is 29.7 Å². The Labute approximate surface area is 234 Å². The van der Waals surface area contributed by atoms with Crippen molar-refractivity contribution in [1.29, 1.82) is 0 Å². The van der Waals surface area contributed by atoms with E-state index in [0.29, 0.717) is 23.1 Å². The molecule has 14 heteroatoms. The molecule has 3 rings (SSSR count). The number of aliphatic carboxylic acids is 2. The maximum Gasteiger partial charge on any atom is 0.326 e. The van der Waals surface area contributed by atoms with Crippen molar-refractivity contribution in [1.82, 2.24) is 16.0 Å². The number of rotatable bonds is 8. The number of amides is 3. The Kier molecular flexibility index (Phi) is 10.2. The number of carboxylic acids is 2. The molecule has 0 spiro atoms. The predicted molar refractivity (Wildman–Crippen MR) is 145 cm³/mol. The third kappa shape index (κ3) is 8.16. The fraction of sp³-hybridized carbons (Fsp3) is 0.370. The summed E-state index contributed by atoms with van der Waals surface area (Å²) in [5, 5.41) is 46.6. The van der Waals surface area contributed by atoms with Gasteiger partial charge in [0.25, 0.3) is 0 Å². The molecule has 4 atom stereocenters. The molecule has 0 saturated heterocycles. The highest BCUT2D eigenvalue weighted by atomic mass is 16.4. The standard InChI is InChI=1S/C27H33N5O9/c28-7-1-2-18-25(38)31-19(26(39)32-20(27(40)41)12-23(35)36)11-16-9-14(4-6-22(16)34)13-3-5-21(33)15(8-13)10-17(29)24(37)30-18/h3-6,8-9,17-20,33-34H,1-2,7,10-12,28-29H2,(H,30,37)(H,31,38)(H,32,39)(H,35,36)(H,40,41)/t17-,18-,19-,20-/m0/s1. The van der Waals surface area contributed by atoms with Crippen molar-refractivity contribution in [3.05, 3.63) is 47.5 Å². The Morgan fingerprint density at radius 3 is 2.05 bits per heavy atom. The molecular weight excluding hydrogens is 538 g/mol. The second kappa shape index (κ2) is 13.6. The van der Waals surface area contributed by atoms with Crippen molar-refractivity contribution in [2.24, 2.45) is 11.5 Å². The molecule has 1 heterocycles. The van der Waals surface area contributed by atoms with E-state index in [1.165, 1.54) is 12.1 Å². The van der Waals surface area contributed by atoms with Gasteiger partial charge in [0.1, 0.15) is 29.6 Å². The maximum absolute atomic E-state index is 13.3. The van der Waals surface area contributed by atoms with E-state index in [-0.39, 0.29) is 42.9 Å². The van der Waals surface area contributed by atoms with Crippen molar-refractivity contribution in [2.45, 2.75) is 56.3 Å². The number of phenols is 2. The number of carboxylic acid groups (broad SMARTS) is 2. The van der Waals surface area contributed by atoms with Crippen LogP contribution in [-0.4, -0.2) is 80.8 Å². The molecule has 220 valence electrons. The van der Waals surface area contributed by atoms with Crippen molar-refractivity contribution in [2.75, 3.05) is 6.54 Å². The Morgan fingerprint density at radius 1 is 0.927 bits per heavy atom. The minimum atomic E-state index is -1.80. The van der Waals surface area contributed by atoms with Gasteiger partial charge in [0.2, 0.25) is 17.7 Å². The number of carbonyl (C=O) groups excluding carboxylic acids is 3. The smallest absolute Gasteiger partial charge is 0.326 e. The average Bonchev–Trinajstić information content (AvgIpc) is 2.91. The van der Waals surface area contributed by atoms with E-state index < -0.39 is 60.2 Å². The van der Waals surface area contributed by atoms with Crippen LogP contribution in [0.15, 0.2) is 36.4 Å². The fourth-order valence-corrected chi connectivity index (χ4v) is 4.40. The molecule has 0 unspecified atom stereocenters. The van der Waals surface area contributed by atoms with Crippen LogP contribution in [0.4, 0.5) is 0 Å². The van der Waals surface area contributed by atoms with Gasteiger partial charge >= 0.3 is 11.9 Å². The van der Waals surface area contributed by atoms with Gasteiger partial charge in [0.15, 0.2) is 0 Å². The van der Waals surface area contributed by atoms with Crippen molar-refractivity contribution in [3.63, 3.8) is 0 Å². The normalized spacial score (nSPS) is 20.0. The van der Waals surface area contributed by atoms with Crippen LogP contribution in [0, 0.1) is 0 Å².